The SMILES string of the molecule is C[C@H](NC(=O)c1ccc(Cl)c([N+](=O)[O-])c1)C(=O)Oc1ccc2c(c1)OCO2. The van der Waals surface area contributed by atoms with Crippen molar-refractivity contribution in [2.45, 2.75) is 13.0 Å². The van der Waals surface area contributed by atoms with E-state index in [4.69, 9.17) is 25.8 Å². The summed E-state index contributed by atoms with van der Waals surface area (Å²) in [6.07, 6.45) is 0. The maximum absolute atomic E-state index is 12.2. The van der Waals surface area contributed by atoms with E-state index >= 15 is 0 Å². The summed E-state index contributed by atoms with van der Waals surface area (Å²) in [5, 5.41) is 13.2. The van der Waals surface area contributed by atoms with Gasteiger partial charge in [0, 0.05) is 17.7 Å². The van der Waals surface area contributed by atoms with Crippen molar-refractivity contribution in [1.29, 1.82) is 0 Å². The van der Waals surface area contributed by atoms with E-state index in [0.29, 0.717) is 11.5 Å². The van der Waals surface area contributed by atoms with Gasteiger partial charge in [-0.15, -0.1) is 0 Å². The summed E-state index contributed by atoms with van der Waals surface area (Å²) in [4.78, 5) is 34.6. The third-order valence-corrected chi connectivity index (χ3v) is 3.99. The van der Waals surface area contributed by atoms with Gasteiger partial charge < -0.3 is 19.5 Å². The lowest BCUT2D eigenvalue weighted by molar-refractivity contribution is -0.384. The number of fused-ring (bicyclic) bond motifs is 1. The zero-order valence-electron chi connectivity index (χ0n) is 13.9. The number of halogens is 1. The number of nitro groups is 1. The van der Waals surface area contributed by atoms with Gasteiger partial charge in [0.15, 0.2) is 11.5 Å². The molecule has 140 valence electrons. The number of benzene rings is 2. The van der Waals surface area contributed by atoms with E-state index in [9.17, 15) is 19.7 Å². The van der Waals surface area contributed by atoms with E-state index in [1.165, 1.54) is 31.2 Å². The Kier molecular flexibility index (Phi) is 5.13. The van der Waals surface area contributed by atoms with Crippen molar-refractivity contribution in [2.24, 2.45) is 0 Å². The largest absolute Gasteiger partial charge is 0.454 e. The van der Waals surface area contributed by atoms with Gasteiger partial charge in [-0.2, -0.15) is 0 Å². The minimum Gasteiger partial charge on any atom is -0.454 e. The number of ether oxygens (including phenoxy) is 3. The molecule has 0 radical (unpaired) electrons. The topological polar surface area (TPSA) is 117 Å². The predicted octanol–water partition coefficient (Wildman–Crippen LogP) is 2.70. The van der Waals surface area contributed by atoms with Gasteiger partial charge in [0.2, 0.25) is 6.79 Å². The van der Waals surface area contributed by atoms with Crippen LogP contribution in [0, 0.1) is 10.1 Å². The highest BCUT2D eigenvalue weighted by atomic mass is 35.5. The van der Waals surface area contributed by atoms with Crippen LogP contribution in [0.1, 0.15) is 17.3 Å². The van der Waals surface area contributed by atoms with Crippen molar-refractivity contribution in [2.75, 3.05) is 6.79 Å². The van der Waals surface area contributed by atoms with Crippen molar-refractivity contribution in [3.8, 4) is 17.2 Å². The molecule has 9 nitrogen and oxygen atoms in total. The van der Waals surface area contributed by atoms with Crippen molar-refractivity contribution in [3.05, 3.63) is 57.1 Å². The monoisotopic (exact) mass is 392 g/mol. The highest BCUT2D eigenvalue weighted by Crippen LogP contribution is 2.35. The van der Waals surface area contributed by atoms with E-state index in [1.54, 1.807) is 6.07 Å². The second-order valence-electron chi connectivity index (χ2n) is 5.55. The highest BCUT2D eigenvalue weighted by molar-refractivity contribution is 6.32. The molecule has 1 aliphatic rings. The quantitative estimate of drug-likeness (QED) is 0.360. The number of carbonyl (C=O) groups excluding carboxylic acids is 2. The highest BCUT2D eigenvalue weighted by Gasteiger charge is 2.22. The van der Waals surface area contributed by atoms with Crippen LogP contribution in [0.15, 0.2) is 36.4 Å². The Morgan fingerprint density at radius 3 is 2.70 bits per heavy atom. The third kappa shape index (κ3) is 4.09. The van der Waals surface area contributed by atoms with Crippen LogP contribution >= 0.6 is 11.6 Å². The molecule has 1 heterocycles. The lowest BCUT2D eigenvalue weighted by atomic mass is 10.1. The number of nitro benzene ring substituents is 1. The number of carbonyl (C=O) groups is 2. The summed E-state index contributed by atoms with van der Waals surface area (Å²) >= 11 is 5.72. The minimum absolute atomic E-state index is 0.00571. The molecule has 27 heavy (non-hydrogen) atoms. The fraction of sp³-hybridized carbons (Fsp3) is 0.176. The molecule has 0 fully saturated rings. The summed E-state index contributed by atoms with van der Waals surface area (Å²) < 4.78 is 15.6. The van der Waals surface area contributed by atoms with Crippen LogP contribution < -0.4 is 19.5 Å². The van der Waals surface area contributed by atoms with Crippen molar-refractivity contribution in [3.63, 3.8) is 0 Å². The van der Waals surface area contributed by atoms with Crippen LogP contribution in [-0.4, -0.2) is 29.6 Å². The number of rotatable bonds is 5. The van der Waals surface area contributed by atoms with Crippen LogP contribution in [0.4, 0.5) is 5.69 Å². The Balaban J connectivity index is 1.65. The molecule has 10 heteroatoms. The molecule has 1 N–H and O–H groups in total. The molecule has 0 aromatic heterocycles. The fourth-order valence-electron chi connectivity index (χ4n) is 2.28. The molecular formula is C17H13ClN2O7. The van der Waals surface area contributed by atoms with Crippen molar-refractivity contribution in [1.82, 2.24) is 5.32 Å². The summed E-state index contributed by atoms with van der Waals surface area (Å²) in [6.45, 7) is 1.52. The summed E-state index contributed by atoms with van der Waals surface area (Å²) in [5.74, 6) is -0.172. The number of hydrogen-bond donors (Lipinski definition) is 1. The van der Waals surface area contributed by atoms with E-state index in [1.807, 2.05) is 0 Å². The third-order valence-electron chi connectivity index (χ3n) is 3.67. The second-order valence-corrected chi connectivity index (χ2v) is 5.96. The maximum Gasteiger partial charge on any atom is 0.333 e. The molecule has 0 saturated carbocycles. The number of nitrogens with zero attached hydrogens (tertiary/aromatic N) is 1. The summed E-state index contributed by atoms with van der Waals surface area (Å²) in [5.41, 5.74) is -0.409. The molecule has 1 amide bonds. The molecule has 0 unspecified atom stereocenters. The van der Waals surface area contributed by atoms with Crippen LogP contribution in [0.2, 0.25) is 5.02 Å². The minimum atomic E-state index is -1.00. The smallest absolute Gasteiger partial charge is 0.333 e. The van der Waals surface area contributed by atoms with Gasteiger partial charge in [0.25, 0.3) is 11.6 Å². The van der Waals surface area contributed by atoms with Gasteiger partial charge in [-0.25, -0.2) is 4.79 Å². The summed E-state index contributed by atoms with van der Waals surface area (Å²) in [7, 11) is 0. The Hall–Kier alpha value is -3.33. The van der Waals surface area contributed by atoms with Crippen molar-refractivity contribution >= 4 is 29.2 Å². The van der Waals surface area contributed by atoms with Gasteiger partial charge in [-0.05, 0) is 31.2 Å². The van der Waals surface area contributed by atoms with Crippen LogP contribution in [0.3, 0.4) is 0 Å². The van der Waals surface area contributed by atoms with Gasteiger partial charge in [-0.3, -0.25) is 14.9 Å². The zero-order chi connectivity index (χ0) is 19.6. The van der Waals surface area contributed by atoms with E-state index in [0.717, 1.165) is 6.07 Å². The number of amides is 1. The molecule has 1 atom stereocenters. The number of esters is 1. The van der Waals surface area contributed by atoms with Crippen molar-refractivity contribution < 1.29 is 28.7 Å². The molecule has 0 spiro atoms. The second kappa shape index (κ2) is 7.50. The first kappa shape index (κ1) is 18.5. The first-order chi connectivity index (χ1) is 12.8. The molecule has 2 aromatic carbocycles. The first-order valence-electron chi connectivity index (χ1n) is 7.71. The normalized spacial score (nSPS) is 13.0. The van der Waals surface area contributed by atoms with Gasteiger partial charge in [-0.1, -0.05) is 11.6 Å². The van der Waals surface area contributed by atoms with Gasteiger partial charge >= 0.3 is 5.97 Å². The van der Waals surface area contributed by atoms with E-state index in [2.05, 4.69) is 5.32 Å². The van der Waals surface area contributed by atoms with E-state index in [-0.39, 0.29) is 23.1 Å². The molecule has 0 aliphatic carbocycles. The molecule has 2 aromatic rings. The molecule has 0 bridgehead atoms. The lowest BCUT2D eigenvalue weighted by Crippen LogP contribution is -2.40. The number of hydrogen-bond acceptors (Lipinski definition) is 7. The average molecular weight is 393 g/mol. The molecule has 0 saturated heterocycles. The molecular weight excluding hydrogens is 380 g/mol. The van der Waals surface area contributed by atoms with Gasteiger partial charge in [0.1, 0.15) is 16.8 Å². The Morgan fingerprint density at radius 1 is 1.22 bits per heavy atom. The Bertz CT molecular complexity index is 931. The predicted molar refractivity (Wildman–Crippen MR) is 93.2 cm³/mol. The first-order valence-corrected chi connectivity index (χ1v) is 8.09. The van der Waals surface area contributed by atoms with E-state index < -0.39 is 28.5 Å². The average Bonchev–Trinajstić information content (AvgIpc) is 3.09. The standard InChI is InChI=1S/C17H13ClN2O7/c1-9(17(22)27-11-3-5-14-15(7-11)26-8-25-14)19-16(21)10-2-4-12(18)13(6-10)20(23)24/h2-7,9H,8H2,1H3,(H,19,21)/t9-/m0/s1. The lowest BCUT2D eigenvalue weighted by Gasteiger charge is -2.13. The zero-order valence-corrected chi connectivity index (χ0v) is 14.7. The maximum atomic E-state index is 12.2. The van der Waals surface area contributed by atoms with Crippen LogP contribution in [0.5, 0.6) is 17.2 Å². The van der Waals surface area contributed by atoms with Crippen LogP contribution in [0.25, 0.3) is 0 Å². The van der Waals surface area contributed by atoms with Gasteiger partial charge in [0.05, 0.1) is 4.92 Å². The molecule has 3 rings (SSSR count). The Morgan fingerprint density at radius 2 is 1.96 bits per heavy atom. The molecule has 1 aliphatic heterocycles. The summed E-state index contributed by atoms with van der Waals surface area (Å²) in [6, 6.07) is 7.22. The van der Waals surface area contributed by atoms with Crippen LogP contribution in [-0.2, 0) is 4.79 Å². The Labute approximate surface area is 157 Å². The number of nitrogens with one attached hydrogen (secondary N) is 1. The fourth-order valence-corrected chi connectivity index (χ4v) is 2.46.